The van der Waals surface area contributed by atoms with Crippen LogP contribution in [0.25, 0.3) is 0 Å². The number of carbonyl (C=O) groups is 1. The maximum absolute atomic E-state index is 11.7. The molecule has 1 saturated heterocycles. The first-order valence-electron chi connectivity index (χ1n) is 6.09. The Morgan fingerprint density at radius 2 is 2.05 bits per heavy atom. The number of nitrogens with zero attached hydrogens (tertiary/aromatic N) is 2. The minimum atomic E-state index is -4.82. The fraction of sp³-hybridized carbons (Fsp3) is 0.800. The zero-order valence-electron chi connectivity index (χ0n) is 12.4. The van der Waals surface area contributed by atoms with Crippen LogP contribution in [-0.4, -0.2) is 70.9 Å². The summed E-state index contributed by atoms with van der Waals surface area (Å²) in [6.45, 7) is 2.04. The molecule has 4 atom stereocenters. The maximum Gasteiger partial charge on any atom is 1.00 e. The van der Waals surface area contributed by atoms with Crippen molar-refractivity contribution in [3.8, 4) is 0 Å². The van der Waals surface area contributed by atoms with E-state index in [2.05, 4.69) is 4.99 Å². The van der Waals surface area contributed by atoms with E-state index in [9.17, 15) is 23.4 Å². The van der Waals surface area contributed by atoms with Gasteiger partial charge in [-0.1, -0.05) is 6.92 Å². The van der Waals surface area contributed by atoms with Crippen LogP contribution in [0.3, 0.4) is 0 Å². The Bertz CT molecular complexity index is 523. The van der Waals surface area contributed by atoms with Gasteiger partial charge in [0.15, 0.2) is 0 Å². The Hall–Kier alpha value is 0.206. The number of aliphatic imine (C=N–C) groups is 1. The van der Waals surface area contributed by atoms with E-state index < -0.39 is 46.5 Å². The summed E-state index contributed by atoms with van der Waals surface area (Å²) in [6, 6.07) is -1.22. The van der Waals surface area contributed by atoms with E-state index in [0.29, 0.717) is 0 Å². The van der Waals surface area contributed by atoms with Crippen molar-refractivity contribution in [2.24, 2.45) is 10.9 Å². The topological polar surface area (TPSA) is 160 Å². The molecule has 1 fully saturated rings. The third-order valence-corrected chi connectivity index (χ3v) is 3.94. The zero-order chi connectivity index (χ0) is 16.4. The molecule has 0 aromatic rings. The van der Waals surface area contributed by atoms with Crippen molar-refractivity contribution in [2.75, 3.05) is 13.2 Å². The van der Waals surface area contributed by atoms with Crippen molar-refractivity contribution in [1.82, 2.24) is 4.31 Å². The van der Waals surface area contributed by atoms with Gasteiger partial charge in [-0.3, -0.25) is 14.3 Å². The predicted molar refractivity (Wildman–Crippen MR) is 67.3 cm³/mol. The largest absolute Gasteiger partial charge is 1.00 e. The van der Waals surface area contributed by atoms with Crippen molar-refractivity contribution in [3.05, 3.63) is 0 Å². The van der Waals surface area contributed by atoms with E-state index in [4.69, 9.17) is 14.4 Å². The molecule has 0 unspecified atom stereocenters. The smallest absolute Gasteiger partial charge is 0.595 e. The Labute approximate surface area is 170 Å². The first kappa shape index (κ1) is 22.2. The Kier molecular flexibility index (Phi) is 8.97. The predicted octanol–water partition coefficient (Wildman–Crippen LogP) is -5.89. The molecular weight excluding hydrogens is 347 g/mol. The minimum absolute atomic E-state index is 0. The average Bonchev–Trinajstić information content (AvgIpc) is 2.30. The minimum Gasteiger partial charge on any atom is -0.595 e. The van der Waals surface area contributed by atoms with Crippen LogP contribution in [0.5, 0.6) is 0 Å². The van der Waals surface area contributed by atoms with Gasteiger partial charge < -0.3 is 20.1 Å². The normalized spacial score (nSPS) is 25.0. The molecule has 0 aromatic carbocycles. The number of rotatable bonds is 6. The second kappa shape index (κ2) is 8.89. The van der Waals surface area contributed by atoms with E-state index in [0.717, 1.165) is 0 Å². The Balaban J connectivity index is 0.00000441. The molecule has 1 aliphatic rings. The van der Waals surface area contributed by atoms with Crippen LogP contribution < -0.4 is 56.5 Å². The number of ether oxygens (including phenoxy) is 1. The monoisotopic (exact) mass is 364 g/mol. The molecule has 12 heteroatoms. The summed E-state index contributed by atoms with van der Waals surface area (Å²) in [7, 11) is -4.82. The van der Waals surface area contributed by atoms with Gasteiger partial charge in [-0.15, -0.1) is 0 Å². The van der Waals surface area contributed by atoms with Gasteiger partial charge in [0.2, 0.25) is 5.91 Å². The van der Waals surface area contributed by atoms with Gasteiger partial charge in [-0.05, 0) is 6.92 Å². The number of hydrogen-bond donors (Lipinski definition) is 3. The van der Waals surface area contributed by atoms with Gasteiger partial charge in [0.05, 0.1) is 31.2 Å². The van der Waals surface area contributed by atoms with Gasteiger partial charge in [0, 0.05) is 6.10 Å². The molecule has 1 heterocycles. The van der Waals surface area contributed by atoms with Crippen LogP contribution in [0, 0.1) is 5.92 Å². The van der Waals surface area contributed by atoms with Gasteiger partial charge in [0.25, 0.3) is 0 Å². The fourth-order valence-corrected chi connectivity index (χ4v) is 3.11. The van der Waals surface area contributed by atoms with Crippen molar-refractivity contribution in [2.45, 2.75) is 32.1 Å². The molecule has 0 spiro atoms. The molecule has 0 radical (unpaired) electrons. The van der Waals surface area contributed by atoms with Gasteiger partial charge >= 0.3 is 61.7 Å². The van der Waals surface area contributed by atoms with Crippen LogP contribution in [0.4, 0.5) is 0 Å². The summed E-state index contributed by atoms with van der Waals surface area (Å²) < 4.78 is 36.3. The van der Waals surface area contributed by atoms with Gasteiger partial charge in [0.1, 0.15) is 6.08 Å². The number of aliphatic hydroxyl groups is 2. The molecule has 0 aliphatic carbocycles. The van der Waals surface area contributed by atoms with Crippen LogP contribution in [0.15, 0.2) is 4.99 Å². The molecule has 1 amide bonds. The molecule has 0 aromatic heterocycles. The quantitative estimate of drug-likeness (QED) is 0.138. The van der Waals surface area contributed by atoms with Crippen LogP contribution >= 0.6 is 0 Å². The first-order chi connectivity index (χ1) is 9.61. The van der Waals surface area contributed by atoms with Crippen LogP contribution in [0.2, 0.25) is 0 Å². The summed E-state index contributed by atoms with van der Waals surface area (Å²) in [6.07, 6.45) is -3.36. The molecule has 0 saturated carbocycles. The Morgan fingerprint density at radius 3 is 2.45 bits per heavy atom. The zero-order valence-corrected chi connectivity index (χ0v) is 16.3. The molecule has 3 N–H and O–H groups in total. The number of hydrogen-bond acceptors (Lipinski definition) is 8. The van der Waals surface area contributed by atoms with Crippen molar-refractivity contribution < 1.29 is 89.2 Å². The summed E-state index contributed by atoms with van der Waals surface area (Å²) in [5.41, 5.74) is 0. The number of β-lactam (4-membered cyclic amide) rings is 1. The summed E-state index contributed by atoms with van der Waals surface area (Å²) >= 11 is 0. The van der Waals surface area contributed by atoms with E-state index >= 15 is 0 Å². The van der Waals surface area contributed by atoms with Gasteiger partial charge in [-0.25, -0.2) is 4.31 Å². The molecule has 1 aliphatic heterocycles. The van der Waals surface area contributed by atoms with Crippen LogP contribution in [0.1, 0.15) is 13.8 Å². The second-order valence-electron chi connectivity index (χ2n) is 4.56. The molecule has 10 nitrogen and oxygen atoms in total. The average molecular weight is 364 g/mol. The third kappa shape index (κ3) is 5.11. The SMILES string of the molecule is C[C@H](OC([O-])=NCCO)[C@@H]1[C@@H]([C@@H](C)O)C(=O)N1S(=O)(=O)O.[K+]. The van der Waals surface area contributed by atoms with Crippen LogP contribution in [-0.2, 0) is 19.8 Å². The number of aliphatic hydroxyl groups excluding tert-OH is 2. The van der Waals surface area contributed by atoms with Crippen molar-refractivity contribution in [3.63, 3.8) is 0 Å². The maximum atomic E-state index is 11.7. The molecule has 22 heavy (non-hydrogen) atoms. The summed E-state index contributed by atoms with van der Waals surface area (Å²) in [5.74, 6) is -2.10. The number of amides is 1. The molecular formula is C10H17KN2O8S. The van der Waals surface area contributed by atoms with E-state index in [-0.39, 0.29) is 68.8 Å². The van der Waals surface area contributed by atoms with Gasteiger partial charge in [-0.2, -0.15) is 8.42 Å². The number of carbonyl (C=O) groups excluding carboxylic acids is 1. The fourth-order valence-electron chi connectivity index (χ4n) is 2.15. The van der Waals surface area contributed by atoms with E-state index in [1.54, 1.807) is 0 Å². The first-order valence-corrected chi connectivity index (χ1v) is 7.48. The standard InChI is InChI=1S/C10H18N2O8S.K/c1-5(14)7-8(12(9(7)15)21(17,18)19)6(2)20-10(16)11-3-4-13;/h5-8,13-14H,3-4H2,1-2H3,(H,11,16)(H,17,18,19);/q;+1/p-1/t5-,6+,7-,8-;/m1./s1. The van der Waals surface area contributed by atoms with Crippen molar-refractivity contribution >= 4 is 22.3 Å². The Morgan fingerprint density at radius 1 is 1.50 bits per heavy atom. The molecule has 1 rings (SSSR count). The van der Waals surface area contributed by atoms with E-state index in [1.807, 2.05) is 0 Å². The third-order valence-electron chi connectivity index (χ3n) is 3.02. The summed E-state index contributed by atoms with van der Waals surface area (Å²) in [5, 5.41) is 29.3. The molecule has 0 bridgehead atoms. The molecule has 122 valence electrons. The summed E-state index contributed by atoms with van der Waals surface area (Å²) in [4.78, 5) is 15.0. The van der Waals surface area contributed by atoms with Crippen molar-refractivity contribution in [1.29, 1.82) is 0 Å². The second-order valence-corrected chi connectivity index (χ2v) is 5.85. The van der Waals surface area contributed by atoms with E-state index in [1.165, 1.54) is 13.8 Å².